The summed E-state index contributed by atoms with van der Waals surface area (Å²) in [6, 6.07) is 5.33. The number of benzene rings is 1. The van der Waals surface area contributed by atoms with Crippen molar-refractivity contribution < 1.29 is 9.47 Å². The Kier molecular flexibility index (Phi) is 3.44. The molecule has 0 spiro atoms. The van der Waals surface area contributed by atoms with Gasteiger partial charge in [-0.15, -0.1) is 0 Å². The minimum absolute atomic E-state index is 0.420. The second-order valence-electron chi connectivity index (χ2n) is 4.94. The van der Waals surface area contributed by atoms with Gasteiger partial charge < -0.3 is 15.2 Å². The monoisotopic (exact) mass is 293 g/mol. The van der Waals surface area contributed by atoms with E-state index in [-0.39, 0.29) is 0 Å². The molecule has 0 radical (unpaired) electrons. The van der Waals surface area contributed by atoms with Crippen LogP contribution in [-0.2, 0) is 0 Å². The number of nitrogens with zero attached hydrogens (tertiary/aromatic N) is 1. The summed E-state index contributed by atoms with van der Waals surface area (Å²) in [5.41, 5.74) is 7.15. The number of aromatic nitrogens is 2. The molecule has 0 saturated heterocycles. The van der Waals surface area contributed by atoms with Crippen LogP contribution in [0.1, 0.15) is 12.8 Å². The number of nitrogens with one attached hydrogen (secondary N) is 1. The number of ether oxygens (including phenoxy) is 2. The molecule has 3 N–H and O–H groups in total. The number of nitrogens with two attached hydrogens (primary N) is 1. The molecule has 5 nitrogen and oxygen atoms in total. The SMILES string of the molecule is COc1cc(-c2cc(N)n[nH]2)c(Cl)cc1OCC1CC1. The number of methoxy groups -OCH3 is 1. The first-order valence-corrected chi connectivity index (χ1v) is 6.86. The predicted octanol–water partition coefficient (Wildman–Crippen LogP) is 3.11. The molecule has 0 unspecified atom stereocenters. The molecule has 0 atom stereocenters. The van der Waals surface area contributed by atoms with E-state index < -0.39 is 0 Å². The van der Waals surface area contributed by atoms with Crippen molar-refractivity contribution in [3.05, 3.63) is 23.2 Å². The first-order chi connectivity index (χ1) is 9.67. The number of hydrogen-bond donors (Lipinski definition) is 2. The summed E-state index contributed by atoms with van der Waals surface area (Å²) in [6.07, 6.45) is 2.48. The van der Waals surface area contributed by atoms with Crippen molar-refractivity contribution in [2.45, 2.75) is 12.8 Å². The second-order valence-corrected chi connectivity index (χ2v) is 5.35. The van der Waals surface area contributed by atoms with Crippen molar-refractivity contribution in [1.29, 1.82) is 0 Å². The zero-order valence-electron chi connectivity index (χ0n) is 11.1. The molecular weight excluding hydrogens is 278 g/mol. The number of aromatic amines is 1. The van der Waals surface area contributed by atoms with Crippen LogP contribution in [0.2, 0.25) is 5.02 Å². The molecule has 3 rings (SSSR count). The van der Waals surface area contributed by atoms with Gasteiger partial charge in [0.15, 0.2) is 11.5 Å². The molecule has 6 heteroatoms. The van der Waals surface area contributed by atoms with Gasteiger partial charge in [-0.1, -0.05) is 11.6 Å². The molecule has 1 aliphatic rings. The Morgan fingerprint density at radius 1 is 1.35 bits per heavy atom. The van der Waals surface area contributed by atoms with Gasteiger partial charge in [0.25, 0.3) is 0 Å². The van der Waals surface area contributed by atoms with Crippen molar-refractivity contribution in [3.63, 3.8) is 0 Å². The minimum atomic E-state index is 0.420. The molecule has 0 amide bonds. The first-order valence-electron chi connectivity index (χ1n) is 6.49. The molecule has 1 heterocycles. The van der Waals surface area contributed by atoms with E-state index in [4.69, 9.17) is 26.8 Å². The Morgan fingerprint density at radius 2 is 2.15 bits per heavy atom. The van der Waals surface area contributed by atoms with Crippen LogP contribution < -0.4 is 15.2 Å². The molecular formula is C14H16ClN3O2. The fraction of sp³-hybridized carbons (Fsp3) is 0.357. The highest BCUT2D eigenvalue weighted by atomic mass is 35.5. The largest absolute Gasteiger partial charge is 0.493 e. The summed E-state index contributed by atoms with van der Waals surface area (Å²) >= 11 is 6.31. The second kappa shape index (κ2) is 5.25. The normalized spacial score (nSPS) is 14.3. The molecule has 1 saturated carbocycles. The Bertz CT molecular complexity index is 623. The van der Waals surface area contributed by atoms with Crippen molar-refractivity contribution in [1.82, 2.24) is 10.2 Å². The van der Waals surface area contributed by atoms with Crippen LogP contribution in [0.3, 0.4) is 0 Å². The van der Waals surface area contributed by atoms with E-state index >= 15 is 0 Å². The molecule has 106 valence electrons. The topological polar surface area (TPSA) is 73.2 Å². The number of H-pyrrole nitrogens is 1. The van der Waals surface area contributed by atoms with Gasteiger partial charge in [-0.3, -0.25) is 5.10 Å². The Balaban J connectivity index is 1.91. The highest BCUT2D eigenvalue weighted by molar-refractivity contribution is 6.33. The lowest BCUT2D eigenvalue weighted by molar-refractivity contribution is 0.280. The molecule has 1 aromatic carbocycles. The van der Waals surface area contributed by atoms with Crippen molar-refractivity contribution in [2.24, 2.45) is 5.92 Å². The maximum absolute atomic E-state index is 6.31. The fourth-order valence-corrected chi connectivity index (χ4v) is 2.24. The fourth-order valence-electron chi connectivity index (χ4n) is 1.98. The van der Waals surface area contributed by atoms with Gasteiger partial charge in [-0.25, -0.2) is 0 Å². The zero-order valence-corrected chi connectivity index (χ0v) is 11.9. The molecule has 20 heavy (non-hydrogen) atoms. The van der Waals surface area contributed by atoms with Crippen LogP contribution in [0.5, 0.6) is 11.5 Å². The van der Waals surface area contributed by atoms with Crippen LogP contribution in [0.25, 0.3) is 11.3 Å². The van der Waals surface area contributed by atoms with Crippen molar-refractivity contribution >= 4 is 17.4 Å². The molecule has 2 aromatic rings. The lowest BCUT2D eigenvalue weighted by Crippen LogP contribution is -2.01. The summed E-state index contributed by atoms with van der Waals surface area (Å²) in [7, 11) is 1.61. The third-order valence-electron chi connectivity index (χ3n) is 3.31. The number of halogens is 1. The van der Waals surface area contributed by atoms with E-state index in [0.717, 1.165) is 11.3 Å². The third-order valence-corrected chi connectivity index (χ3v) is 3.63. The average molecular weight is 294 g/mol. The van der Waals surface area contributed by atoms with Crippen LogP contribution in [0, 0.1) is 5.92 Å². The van der Waals surface area contributed by atoms with Crippen LogP contribution >= 0.6 is 11.6 Å². The van der Waals surface area contributed by atoms with Crippen LogP contribution in [0.4, 0.5) is 5.82 Å². The van der Waals surface area contributed by atoms with Gasteiger partial charge >= 0.3 is 0 Å². The van der Waals surface area contributed by atoms with Gasteiger partial charge in [-0.2, -0.15) is 5.10 Å². The summed E-state index contributed by atoms with van der Waals surface area (Å²) in [5, 5.41) is 7.31. The third kappa shape index (κ3) is 2.67. The highest BCUT2D eigenvalue weighted by Crippen LogP contribution is 2.39. The van der Waals surface area contributed by atoms with E-state index in [2.05, 4.69) is 10.2 Å². The van der Waals surface area contributed by atoms with Crippen molar-refractivity contribution in [2.75, 3.05) is 19.5 Å². The van der Waals surface area contributed by atoms with Gasteiger partial charge in [-0.05, 0) is 24.8 Å². The zero-order chi connectivity index (χ0) is 14.1. The van der Waals surface area contributed by atoms with Gasteiger partial charge in [0.1, 0.15) is 5.82 Å². The quantitative estimate of drug-likeness (QED) is 0.888. The number of nitrogen functional groups attached to an aromatic ring is 1. The van der Waals surface area contributed by atoms with Crippen LogP contribution in [-0.4, -0.2) is 23.9 Å². The summed E-state index contributed by atoms with van der Waals surface area (Å²) in [4.78, 5) is 0. The number of anilines is 1. The van der Waals surface area contributed by atoms with Gasteiger partial charge in [0, 0.05) is 17.7 Å². The smallest absolute Gasteiger partial charge is 0.162 e. The van der Waals surface area contributed by atoms with E-state index in [1.165, 1.54) is 12.8 Å². The standard InChI is InChI=1S/C14H16ClN3O2/c1-19-12-4-9(11-6-14(16)18-17-11)10(15)5-13(12)20-7-8-2-3-8/h4-6,8H,2-3,7H2,1H3,(H3,16,17,18). The molecule has 0 aliphatic heterocycles. The van der Waals surface area contributed by atoms with E-state index in [0.29, 0.717) is 34.9 Å². The van der Waals surface area contributed by atoms with E-state index in [1.54, 1.807) is 19.2 Å². The maximum Gasteiger partial charge on any atom is 0.162 e. The molecule has 0 bridgehead atoms. The number of hydrogen-bond acceptors (Lipinski definition) is 4. The lowest BCUT2D eigenvalue weighted by Gasteiger charge is -2.13. The lowest BCUT2D eigenvalue weighted by atomic mass is 10.1. The molecule has 1 aliphatic carbocycles. The Morgan fingerprint density at radius 3 is 2.75 bits per heavy atom. The van der Waals surface area contributed by atoms with Gasteiger partial charge in [0.05, 0.1) is 24.4 Å². The van der Waals surface area contributed by atoms with E-state index in [9.17, 15) is 0 Å². The van der Waals surface area contributed by atoms with Crippen LogP contribution in [0.15, 0.2) is 18.2 Å². The predicted molar refractivity (Wildman–Crippen MR) is 78.2 cm³/mol. The van der Waals surface area contributed by atoms with Crippen molar-refractivity contribution in [3.8, 4) is 22.8 Å². The highest BCUT2D eigenvalue weighted by Gasteiger charge is 2.23. The van der Waals surface area contributed by atoms with Gasteiger partial charge in [0.2, 0.25) is 0 Å². The molecule has 1 aromatic heterocycles. The maximum atomic E-state index is 6.31. The summed E-state index contributed by atoms with van der Waals surface area (Å²) in [5.74, 6) is 2.41. The molecule has 1 fully saturated rings. The summed E-state index contributed by atoms with van der Waals surface area (Å²) in [6.45, 7) is 0.711. The Labute approximate surface area is 122 Å². The minimum Gasteiger partial charge on any atom is -0.493 e. The Hall–Kier alpha value is -1.88. The first kappa shape index (κ1) is 13.1. The summed E-state index contributed by atoms with van der Waals surface area (Å²) < 4.78 is 11.1. The number of rotatable bonds is 5. The van der Waals surface area contributed by atoms with E-state index in [1.807, 2.05) is 6.07 Å². The average Bonchev–Trinajstić information content (AvgIpc) is 3.17.